The lowest BCUT2D eigenvalue weighted by Crippen LogP contribution is -2.37. The molecule has 2 rings (SSSR count). The summed E-state index contributed by atoms with van der Waals surface area (Å²) in [6.07, 6.45) is 16.3. The maximum absolute atomic E-state index is 11.5. The Morgan fingerprint density at radius 2 is 2.15 bits per heavy atom. The van der Waals surface area contributed by atoms with Crippen molar-refractivity contribution >= 4 is 5.97 Å². The number of allylic oxidation sites excluding steroid dienone is 1. The van der Waals surface area contributed by atoms with E-state index in [1.165, 1.54) is 0 Å². The second-order valence-electron chi connectivity index (χ2n) is 7.44. The molecule has 5 heteroatoms. The predicted octanol–water partition coefficient (Wildman–Crippen LogP) is 3.51. The van der Waals surface area contributed by atoms with Crippen LogP contribution in [0.4, 0.5) is 0 Å². The standard InChI is InChI=1S/C21H32O5/c1-3-5-7-13-21(4-2,26-18-9-6-8-15-25-18)14-12-16-10-11-17(22)19(16)20(23)24/h2,12,14,16-19,22H,3,5-11,13,15H2,1H3,(H,23,24). The first-order chi connectivity index (χ1) is 12.5. The highest BCUT2D eigenvalue weighted by Gasteiger charge is 2.39. The molecule has 0 aromatic carbocycles. The molecule has 2 fully saturated rings. The van der Waals surface area contributed by atoms with E-state index in [4.69, 9.17) is 15.9 Å². The highest BCUT2D eigenvalue weighted by atomic mass is 16.7. The van der Waals surface area contributed by atoms with Crippen LogP contribution in [0.15, 0.2) is 12.2 Å². The lowest BCUT2D eigenvalue weighted by Gasteiger charge is -2.33. The molecule has 0 radical (unpaired) electrons. The SMILES string of the molecule is C#CC(C=CC1CCC(O)C1C(=O)O)(CCCCC)OC1CCCCO1. The van der Waals surface area contributed by atoms with Crippen LogP contribution in [0, 0.1) is 24.2 Å². The highest BCUT2D eigenvalue weighted by molar-refractivity contribution is 5.72. The fourth-order valence-corrected chi connectivity index (χ4v) is 3.86. The molecule has 1 heterocycles. The molecule has 26 heavy (non-hydrogen) atoms. The number of ether oxygens (including phenoxy) is 2. The van der Waals surface area contributed by atoms with E-state index in [0.29, 0.717) is 25.9 Å². The lowest BCUT2D eigenvalue weighted by molar-refractivity contribution is -0.197. The van der Waals surface area contributed by atoms with Crippen LogP contribution in [0.3, 0.4) is 0 Å². The van der Waals surface area contributed by atoms with Crippen molar-refractivity contribution in [2.75, 3.05) is 6.61 Å². The molecule has 0 aromatic rings. The third kappa shape index (κ3) is 5.57. The smallest absolute Gasteiger partial charge is 0.309 e. The number of carboxylic acids is 1. The van der Waals surface area contributed by atoms with Gasteiger partial charge in [0.1, 0.15) is 5.60 Å². The number of carbonyl (C=O) groups is 1. The van der Waals surface area contributed by atoms with Crippen LogP contribution in [-0.4, -0.2) is 40.8 Å². The fraction of sp³-hybridized carbons (Fsp3) is 0.762. The molecule has 0 spiro atoms. The van der Waals surface area contributed by atoms with Crippen LogP contribution in [0.25, 0.3) is 0 Å². The average Bonchev–Trinajstić information content (AvgIpc) is 3.01. The number of unbranched alkanes of at least 4 members (excludes halogenated alkanes) is 2. The van der Waals surface area contributed by atoms with Crippen molar-refractivity contribution in [2.45, 2.75) is 82.7 Å². The molecule has 1 saturated carbocycles. The second-order valence-corrected chi connectivity index (χ2v) is 7.44. The predicted molar refractivity (Wildman–Crippen MR) is 99.4 cm³/mol. The molecule has 1 aliphatic heterocycles. The van der Waals surface area contributed by atoms with Gasteiger partial charge in [0.25, 0.3) is 0 Å². The zero-order valence-electron chi connectivity index (χ0n) is 15.7. The van der Waals surface area contributed by atoms with Gasteiger partial charge in [-0.2, -0.15) is 0 Å². The molecule has 0 bridgehead atoms. The van der Waals surface area contributed by atoms with Crippen molar-refractivity contribution in [2.24, 2.45) is 11.8 Å². The van der Waals surface area contributed by atoms with Crippen LogP contribution in [0.5, 0.6) is 0 Å². The number of aliphatic hydroxyl groups excluding tert-OH is 1. The molecule has 5 unspecified atom stereocenters. The Hall–Kier alpha value is -1.35. The van der Waals surface area contributed by atoms with Gasteiger partial charge in [-0.3, -0.25) is 4.79 Å². The minimum absolute atomic E-state index is 0.225. The lowest BCUT2D eigenvalue weighted by atomic mass is 9.90. The van der Waals surface area contributed by atoms with Crippen LogP contribution in [-0.2, 0) is 14.3 Å². The van der Waals surface area contributed by atoms with E-state index in [-0.39, 0.29) is 12.2 Å². The summed E-state index contributed by atoms with van der Waals surface area (Å²) in [5, 5.41) is 19.3. The molecule has 5 nitrogen and oxygen atoms in total. The zero-order valence-corrected chi connectivity index (χ0v) is 15.7. The van der Waals surface area contributed by atoms with Crippen LogP contribution in [0.2, 0.25) is 0 Å². The van der Waals surface area contributed by atoms with E-state index >= 15 is 0 Å². The van der Waals surface area contributed by atoms with Gasteiger partial charge in [-0.25, -0.2) is 0 Å². The molecule has 2 aliphatic rings. The first-order valence-electron chi connectivity index (χ1n) is 9.88. The van der Waals surface area contributed by atoms with Gasteiger partial charge in [0, 0.05) is 6.61 Å². The van der Waals surface area contributed by atoms with Crippen molar-refractivity contribution in [3.8, 4) is 12.3 Å². The van der Waals surface area contributed by atoms with E-state index in [1.54, 1.807) is 0 Å². The van der Waals surface area contributed by atoms with E-state index in [9.17, 15) is 15.0 Å². The first-order valence-corrected chi connectivity index (χ1v) is 9.88. The topological polar surface area (TPSA) is 76.0 Å². The first kappa shape index (κ1) is 21.0. The highest BCUT2D eigenvalue weighted by Crippen LogP contribution is 2.35. The quantitative estimate of drug-likeness (QED) is 0.372. The van der Waals surface area contributed by atoms with Gasteiger partial charge in [-0.15, -0.1) is 6.42 Å². The summed E-state index contributed by atoms with van der Waals surface area (Å²) in [6.45, 7) is 2.82. The van der Waals surface area contributed by atoms with Crippen molar-refractivity contribution in [1.82, 2.24) is 0 Å². The van der Waals surface area contributed by atoms with E-state index < -0.39 is 23.6 Å². The van der Waals surface area contributed by atoms with Crippen molar-refractivity contribution in [1.29, 1.82) is 0 Å². The summed E-state index contributed by atoms with van der Waals surface area (Å²) in [7, 11) is 0. The Morgan fingerprint density at radius 1 is 1.35 bits per heavy atom. The van der Waals surface area contributed by atoms with Crippen molar-refractivity contribution in [3.63, 3.8) is 0 Å². The zero-order chi connectivity index (χ0) is 19.0. The van der Waals surface area contributed by atoms with E-state index in [1.807, 2.05) is 12.2 Å². The van der Waals surface area contributed by atoms with Gasteiger partial charge in [-0.05, 0) is 56.9 Å². The Balaban J connectivity index is 2.13. The summed E-state index contributed by atoms with van der Waals surface area (Å²) in [5.41, 5.74) is -0.881. The van der Waals surface area contributed by atoms with Gasteiger partial charge in [0.05, 0.1) is 12.0 Å². The average molecular weight is 364 g/mol. The fourth-order valence-electron chi connectivity index (χ4n) is 3.86. The van der Waals surface area contributed by atoms with Gasteiger partial charge in [0.15, 0.2) is 6.29 Å². The Labute approximate surface area is 156 Å². The monoisotopic (exact) mass is 364 g/mol. The van der Waals surface area contributed by atoms with Gasteiger partial charge >= 0.3 is 5.97 Å². The van der Waals surface area contributed by atoms with Crippen LogP contribution < -0.4 is 0 Å². The molecule has 0 aromatic heterocycles. The minimum atomic E-state index is -0.960. The minimum Gasteiger partial charge on any atom is -0.481 e. The molecule has 1 saturated heterocycles. The third-order valence-electron chi connectivity index (χ3n) is 5.45. The van der Waals surface area contributed by atoms with Gasteiger partial charge < -0.3 is 19.7 Å². The summed E-state index contributed by atoms with van der Waals surface area (Å²) in [4.78, 5) is 11.5. The number of terminal acetylenes is 1. The number of hydrogen-bond donors (Lipinski definition) is 2. The van der Waals surface area contributed by atoms with Crippen molar-refractivity contribution < 1.29 is 24.5 Å². The molecule has 5 atom stereocenters. The Bertz CT molecular complexity index is 517. The largest absolute Gasteiger partial charge is 0.481 e. The number of carboxylic acid groups (broad SMARTS) is 1. The normalized spacial score (nSPS) is 31.6. The molecule has 1 aliphatic carbocycles. The van der Waals surface area contributed by atoms with Gasteiger partial charge in [0.2, 0.25) is 0 Å². The number of hydrogen-bond acceptors (Lipinski definition) is 4. The number of aliphatic carboxylic acids is 1. The molecule has 0 amide bonds. The van der Waals surface area contributed by atoms with Crippen LogP contribution >= 0.6 is 0 Å². The summed E-state index contributed by atoms with van der Waals surface area (Å²) >= 11 is 0. The molecular formula is C21H32O5. The molecular weight excluding hydrogens is 332 g/mol. The number of aliphatic hydroxyl groups is 1. The van der Waals surface area contributed by atoms with Gasteiger partial charge in [-0.1, -0.05) is 31.8 Å². The van der Waals surface area contributed by atoms with E-state index in [0.717, 1.165) is 38.5 Å². The number of rotatable bonds is 9. The maximum atomic E-state index is 11.5. The Kier molecular flexibility index (Phi) is 8.15. The third-order valence-corrected chi connectivity index (χ3v) is 5.45. The maximum Gasteiger partial charge on any atom is 0.309 e. The summed E-state index contributed by atoms with van der Waals surface area (Å²) in [6, 6.07) is 0. The molecule has 2 N–H and O–H groups in total. The second kappa shape index (κ2) is 10.1. The summed E-state index contributed by atoms with van der Waals surface area (Å²) < 4.78 is 11.9. The summed E-state index contributed by atoms with van der Waals surface area (Å²) in [5.74, 6) is 0.843. The molecule has 146 valence electrons. The van der Waals surface area contributed by atoms with E-state index in [2.05, 4.69) is 12.8 Å². The van der Waals surface area contributed by atoms with Crippen LogP contribution in [0.1, 0.15) is 64.7 Å². The van der Waals surface area contributed by atoms with Crippen molar-refractivity contribution in [3.05, 3.63) is 12.2 Å². The Morgan fingerprint density at radius 3 is 2.77 bits per heavy atom.